The van der Waals surface area contributed by atoms with Crippen LogP contribution in [0.15, 0.2) is 0 Å². The minimum absolute atomic E-state index is 0.133. The Bertz CT molecular complexity index is 757. The summed E-state index contributed by atoms with van der Waals surface area (Å²) in [6, 6.07) is 0. The fraction of sp³-hybridized carbons (Fsp3) is 0.953. The monoisotopic (exact) mass is 793 g/mol. The Morgan fingerprint density at radius 1 is 0.255 bits per heavy atom. The van der Waals surface area contributed by atoms with E-state index in [1.165, 1.54) is 96.3 Å². The van der Waals surface area contributed by atoms with Crippen molar-refractivity contribution >= 4 is 11.9 Å². The number of unbranched alkanes of at least 4 members (excludes halogenated alkanes) is 17. The smallest absolute Gasteiger partial charge is 0.305 e. The van der Waals surface area contributed by atoms with Crippen molar-refractivity contribution in [2.75, 3.05) is 119 Å². The highest BCUT2D eigenvalue weighted by Crippen LogP contribution is 2.13. The molecule has 12 heteroatoms. The lowest BCUT2D eigenvalue weighted by atomic mass is 10.0. The molecule has 0 aromatic rings. The quantitative estimate of drug-likeness (QED) is 0.0434. The maximum absolute atomic E-state index is 11.9. The SMILES string of the molecule is CCCCCCCCCCCCCCCC(=O)OCCOCCOCCOCCOCCOCCOCCOCCOCCOC(=O)CCCCCCCC. The molecule has 0 aliphatic carbocycles. The molecule has 0 rings (SSSR count). The molecule has 0 saturated carbocycles. The second-order valence-electron chi connectivity index (χ2n) is 13.9. The Morgan fingerprint density at radius 3 is 0.655 bits per heavy atom. The fourth-order valence-corrected chi connectivity index (χ4v) is 5.55. The van der Waals surface area contributed by atoms with Crippen LogP contribution in [-0.2, 0) is 57.0 Å². The van der Waals surface area contributed by atoms with Crippen LogP contribution in [0.2, 0.25) is 0 Å². The number of carbonyl (C=O) groups excluding carboxylic acids is 2. The van der Waals surface area contributed by atoms with Gasteiger partial charge in [-0.3, -0.25) is 9.59 Å². The van der Waals surface area contributed by atoms with Crippen molar-refractivity contribution in [2.24, 2.45) is 0 Å². The van der Waals surface area contributed by atoms with Crippen LogP contribution in [-0.4, -0.2) is 131 Å². The largest absolute Gasteiger partial charge is 0.463 e. The predicted octanol–water partition coefficient (Wildman–Crippen LogP) is 8.44. The van der Waals surface area contributed by atoms with E-state index in [0.717, 1.165) is 25.7 Å². The molecule has 0 aliphatic heterocycles. The molecule has 0 unspecified atom stereocenters. The van der Waals surface area contributed by atoms with Gasteiger partial charge in [0.2, 0.25) is 0 Å². The fourth-order valence-electron chi connectivity index (χ4n) is 5.55. The second-order valence-corrected chi connectivity index (χ2v) is 13.9. The molecular weight excluding hydrogens is 708 g/mol. The van der Waals surface area contributed by atoms with Crippen molar-refractivity contribution < 1.29 is 57.0 Å². The summed E-state index contributed by atoms with van der Waals surface area (Å²) >= 11 is 0. The van der Waals surface area contributed by atoms with Crippen LogP contribution in [0, 0.1) is 0 Å². The lowest BCUT2D eigenvalue weighted by Crippen LogP contribution is -2.15. The van der Waals surface area contributed by atoms with Crippen LogP contribution in [0.4, 0.5) is 0 Å². The lowest BCUT2D eigenvalue weighted by Gasteiger charge is -2.09. The Balaban J connectivity index is 3.16. The normalized spacial score (nSPS) is 11.4. The Labute approximate surface area is 336 Å². The van der Waals surface area contributed by atoms with Crippen molar-refractivity contribution in [1.29, 1.82) is 0 Å². The molecule has 0 N–H and O–H groups in total. The van der Waals surface area contributed by atoms with Crippen LogP contribution < -0.4 is 0 Å². The van der Waals surface area contributed by atoms with E-state index in [4.69, 9.17) is 47.4 Å². The molecule has 0 fully saturated rings. The van der Waals surface area contributed by atoms with Gasteiger partial charge in [0, 0.05) is 12.8 Å². The summed E-state index contributed by atoms with van der Waals surface area (Å²) in [5, 5.41) is 0. The molecule has 0 aromatic carbocycles. The van der Waals surface area contributed by atoms with E-state index in [-0.39, 0.29) is 25.2 Å². The molecule has 12 nitrogen and oxygen atoms in total. The van der Waals surface area contributed by atoms with E-state index in [0.29, 0.717) is 119 Å². The highest BCUT2D eigenvalue weighted by Gasteiger charge is 2.04. The van der Waals surface area contributed by atoms with Crippen molar-refractivity contribution in [3.8, 4) is 0 Å². The van der Waals surface area contributed by atoms with Gasteiger partial charge >= 0.3 is 11.9 Å². The molecule has 0 heterocycles. The van der Waals surface area contributed by atoms with Crippen LogP contribution >= 0.6 is 0 Å². The maximum Gasteiger partial charge on any atom is 0.305 e. The highest BCUT2D eigenvalue weighted by molar-refractivity contribution is 5.69. The maximum atomic E-state index is 11.9. The summed E-state index contributed by atoms with van der Waals surface area (Å²) in [4.78, 5) is 23.6. The summed E-state index contributed by atoms with van der Waals surface area (Å²) < 4.78 is 54.3. The van der Waals surface area contributed by atoms with E-state index in [1.54, 1.807) is 0 Å². The van der Waals surface area contributed by atoms with Gasteiger partial charge in [0.15, 0.2) is 0 Å². The van der Waals surface area contributed by atoms with E-state index in [1.807, 2.05) is 0 Å². The van der Waals surface area contributed by atoms with Gasteiger partial charge in [-0.05, 0) is 12.8 Å². The first-order valence-corrected chi connectivity index (χ1v) is 22.1. The number of carbonyl (C=O) groups is 2. The van der Waals surface area contributed by atoms with Gasteiger partial charge in [-0.1, -0.05) is 123 Å². The standard InChI is InChI=1S/C43H84O12/c1-3-5-7-9-11-12-13-14-15-16-17-19-21-23-43(45)55-41-39-53-37-35-51-33-31-49-29-27-47-25-24-46-26-28-48-30-32-50-34-36-52-38-40-54-42(44)22-20-18-10-8-6-4-2/h3-41H2,1-2H3. The van der Waals surface area contributed by atoms with Crippen molar-refractivity contribution in [3.63, 3.8) is 0 Å². The average molecular weight is 793 g/mol. The second kappa shape index (κ2) is 48.8. The Kier molecular flexibility index (Phi) is 47.5. The van der Waals surface area contributed by atoms with Gasteiger partial charge < -0.3 is 47.4 Å². The molecule has 0 aromatic heterocycles. The molecular formula is C43H84O12. The van der Waals surface area contributed by atoms with Crippen LogP contribution in [0.1, 0.15) is 149 Å². The number of hydrogen-bond donors (Lipinski definition) is 0. The van der Waals surface area contributed by atoms with E-state index in [2.05, 4.69) is 13.8 Å². The number of ether oxygens (including phenoxy) is 10. The zero-order chi connectivity index (χ0) is 39.8. The van der Waals surface area contributed by atoms with Crippen LogP contribution in [0.3, 0.4) is 0 Å². The molecule has 0 saturated heterocycles. The number of rotatable bonds is 48. The Hall–Kier alpha value is -1.38. The molecule has 0 amide bonds. The van der Waals surface area contributed by atoms with Crippen LogP contribution in [0.25, 0.3) is 0 Å². The van der Waals surface area contributed by atoms with Gasteiger partial charge in [0.1, 0.15) is 13.2 Å². The molecule has 0 spiro atoms. The minimum atomic E-state index is -0.144. The van der Waals surface area contributed by atoms with Gasteiger partial charge in [-0.2, -0.15) is 0 Å². The summed E-state index contributed by atoms with van der Waals surface area (Å²) in [5.74, 6) is -0.277. The van der Waals surface area contributed by atoms with Crippen molar-refractivity contribution in [2.45, 2.75) is 149 Å². The zero-order valence-electron chi connectivity index (χ0n) is 35.5. The van der Waals surface area contributed by atoms with Crippen molar-refractivity contribution in [3.05, 3.63) is 0 Å². The third-order valence-electron chi connectivity index (χ3n) is 8.80. The molecule has 328 valence electrons. The number of esters is 2. The van der Waals surface area contributed by atoms with Gasteiger partial charge in [-0.25, -0.2) is 0 Å². The summed E-state index contributed by atoms with van der Waals surface area (Å²) in [6.07, 6.45) is 24.7. The first-order chi connectivity index (χ1) is 27.2. The highest BCUT2D eigenvalue weighted by atomic mass is 16.6. The molecule has 0 radical (unpaired) electrons. The molecule has 0 atom stereocenters. The zero-order valence-corrected chi connectivity index (χ0v) is 35.5. The molecule has 55 heavy (non-hydrogen) atoms. The first kappa shape index (κ1) is 53.6. The topological polar surface area (TPSA) is 126 Å². The average Bonchev–Trinajstić information content (AvgIpc) is 3.19. The Morgan fingerprint density at radius 2 is 0.436 bits per heavy atom. The summed E-state index contributed by atoms with van der Waals surface area (Å²) in [6.45, 7) is 12.5. The summed E-state index contributed by atoms with van der Waals surface area (Å²) in [5.41, 5.74) is 0. The van der Waals surface area contributed by atoms with Crippen molar-refractivity contribution in [1.82, 2.24) is 0 Å². The van der Waals surface area contributed by atoms with Gasteiger partial charge in [-0.15, -0.1) is 0 Å². The number of hydrogen-bond acceptors (Lipinski definition) is 12. The molecule has 0 aliphatic rings. The predicted molar refractivity (Wildman–Crippen MR) is 217 cm³/mol. The van der Waals surface area contributed by atoms with E-state index < -0.39 is 0 Å². The minimum Gasteiger partial charge on any atom is -0.463 e. The lowest BCUT2D eigenvalue weighted by molar-refractivity contribution is -0.146. The third kappa shape index (κ3) is 48.7. The summed E-state index contributed by atoms with van der Waals surface area (Å²) in [7, 11) is 0. The van der Waals surface area contributed by atoms with E-state index in [9.17, 15) is 9.59 Å². The third-order valence-corrected chi connectivity index (χ3v) is 8.80. The molecule has 0 bridgehead atoms. The van der Waals surface area contributed by atoms with E-state index >= 15 is 0 Å². The van der Waals surface area contributed by atoms with Crippen LogP contribution in [0.5, 0.6) is 0 Å². The van der Waals surface area contributed by atoms with Gasteiger partial charge in [0.25, 0.3) is 0 Å². The van der Waals surface area contributed by atoms with Gasteiger partial charge in [0.05, 0.1) is 106 Å². The first-order valence-electron chi connectivity index (χ1n) is 22.1.